The van der Waals surface area contributed by atoms with E-state index in [4.69, 9.17) is 15.2 Å². The van der Waals surface area contributed by atoms with Gasteiger partial charge in [0.1, 0.15) is 5.60 Å². The summed E-state index contributed by atoms with van der Waals surface area (Å²) in [6.45, 7) is 7.65. The molecule has 1 aromatic carbocycles. The number of halogens is 1. The smallest absolute Gasteiger partial charge is 0.410 e. The van der Waals surface area contributed by atoms with Crippen molar-refractivity contribution in [3.8, 4) is 5.75 Å². The highest BCUT2D eigenvalue weighted by Crippen LogP contribution is 2.34. The van der Waals surface area contributed by atoms with Gasteiger partial charge in [0, 0.05) is 26.2 Å². The first-order chi connectivity index (χ1) is 10.7. The summed E-state index contributed by atoms with van der Waals surface area (Å²) in [5.74, 6) is -0.421. The third kappa shape index (κ3) is 3.97. The molecular weight excluding hydrogens is 301 g/mol. The molecule has 0 spiro atoms. The molecule has 1 heterocycles. The van der Waals surface area contributed by atoms with Crippen LogP contribution in [0.5, 0.6) is 5.75 Å². The van der Waals surface area contributed by atoms with Crippen LogP contribution in [0.1, 0.15) is 20.8 Å². The minimum absolute atomic E-state index is 0.0537. The van der Waals surface area contributed by atoms with E-state index in [0.717, 1.165) is 0 Å². The van der Waals surface area contributed by atoms with E-state index in [-0.39, 0.29) is 17.5 Å². The second-order valence-electron chi connectivity index (χ2n) is 6.48. The summed E-state index contributed by atoms with van der Waals surface area (Å²) in [7, 11) is 1.41. The van der Waals surface area contributed by atoms with Gasteiger partial charge >= 0.3 is 6.09 Å². The maximum Gasteiger partial charge on any atom is 0.410 e. The summed E-state index contributed by atoms with van der Waals surface area (Å²) in [5, 5.41) is 0. The molecular formula is C16H24FN3O3. The minimum Gasteiger partial charge on any atom is -0.492 e. The van der Waals surface area contributed by atoms with Gasteiger partial charge in [0.05, 0.1) is 18.5 Å². The molecule has 1 fully saturated rings. The van der Waals surface area contributed by atoms with Crippen LogP contribution in [0.3, 0.4) is 0 Å². The van der Waals surface area contributed by atoms with Crippen LogP contribution < -0.4 is 15.4 Å². The predicted octanol–water partition coefficient (Wildman–Crippen LogP) is 2.47. The summed E-state index contributed by atoms with van der Waals surface area (Å²) in [6, 6.07) is 3.26. The normalized spacial score (nSPS) is 15.5. The van der Waals surface area contributed by atoms with Crippen LogP contribution in [0.15, 0.2) is 12.1 Å². The van der Waals surface area contributed by atoms with E-state index in [0.29, 0.717) is 31.9 Å². The van der Waals surface area contributed by atoms with Crippen molar-refractivity contribution in [1.82, 2.24) is 4.90 Å². The molecule has 1 saturated heterocycles. The molecule has 128 valence electrons. The van der Waals surface area contributed by atoms with Gasteiger partial charge in [-0.15, -0.1) is 0 Å². The van der Waals surface area contributed by atoms with Crippen LogP contribution in [0.25, 0.3) is 0 Å². The molecule has 0 bridgehead atoms. The number of rotatable bonds is 2. The third-order valence-corrected chi connectivity index (χ3v) is 3.58. The zero-order chi connectivity index (χ0) is 17.2. The third-order valence-electron chi connectivity index (χ3n) is 3.58. The zero-order valence-corrected chi connectivity index (χ0v) is 14.1. The van der Waals surface area contributed by atoms with Crippen molar-refractivity contribution in [3.63, 3.8) is 0 Å². The number of hydrogen-bond acceptors (Lipinski definition) is 5. The second kappa shape index (κ2) is 6.52. The molecule has 1 aliphatic heterocycles. The number of hydrogen-bond donors (Lipinski definition) is 1. The fraction of sp³-hybridized carbons (Fsp3) is 0.562. The van der Waals surface area contributed by atoms with Gasteiger partial charge in [-0.05, 0) is 32.9 Å². The van der Waals surface area contributed by atoms with E-state index in [2.05, 4.69) is 0 Å². The Labute approximate surface area is 135 Å². The highest BCUT2D eigenvalue weighted by atomic mass is 19.1. The van der Waals surface area contributed by atoms with Gasteiger partial charge in [0.15, 0.2) is 11.6 Å². The van der Waals surface area contributed by atoms with Crippen LogP contribution in [-0.4, -0.2) is 49.9 Å². The van der Waals surface area contributed by atoms with Gasteiger partial charge in [-0.25, -0.2) is 9.18 Å². The number of piperazine rings is 1. The molecule has 0 radical (unpaired) electrons. The van der Waals surface area contributed by atoms with Crippen molar-refractivity contribution in [1.29, 1.82) is 0 Å². The fourth-order valence-electron chi connectivity index (χ4n) is 2.46. The van der Waals surface area contributed by atoms with Gasteiger partial charge in [-0.3, -0.25) is 0 Å². The number of nitrogens with zero attached hydrogens (tertiary/aromatic N) is 2. The summed E-state index contributed by atoms with van der Waals surface area (Å²) in [5.41, 5.74) is 5.75. The van der Waals surface area contributed by atoms with Gasteiger partial charge < -0.3 is 25.0 Å². The molecule has 0 unspecified atom stereocenters. The molecule has 0 aromatic heterocycles. The number of methoxy groups -OCH3 is 1. The van der Waals surface area contributed by atoms with E-state index in [1.165, 1.54) is 13.2 Å². The molecule has 0 aliphatic carbocycles. The summed E-state index contributed by atoms with van der Waals surface area (Å²) in [4.78, 5) is 15.7. The lowest BCUT2D eigenvalue weighted by atomic mass is 10.2. The zero-order valence-electron chi connectivity index (χ0n) is 14.1. The van der Waals surface area contributed by atoms with Gasteiger partial charge in [0.25, 0.3) is 0 Å². The number of carbonyl (C=O) groups is 1. The molecule has 1 aliphatic rings. The molecule has 2 rings (SSSR count). The van der Waals surface area contributed by atoms with Gasteiger partial charge in [-0.1, -0.05) is 0 Å². The van der Waals surface area contributed by atoms with Crippen LogP contribution in [0, 0.1) is 5.82 Å². The number of nitrogen functional groups attached to an aromatic ring is 1. The lowest BCUT2D eigenvalue weighted by Gasteiger charge is -2.37. The molecule has 1 amide bonds. The Morgan fingerprint density at radius 1 is 1.22 bits per heavy atom. The van der Waals surface area contributed by atoms with Crippen LogP contribution >= 0.6 is 0 Å². The fourth-order valence-corrected chi connectivity index (χ4v) is 2.46. The monoisotopic (exact) mass is 325 g/mol. The molecule has 0 atom stereocenters. The predicted molar refractivity (Wildman–Crippen MR) is 87.4 cm³/mol. The molecule has 0 saturated carbocycles. The van der Waals surface area contributed by atoms with Gasteiger partial charge in [0.2, 0.25) is 0 Å². The number of amides is 1. The molecule has 23 heavy (non-hydrogen) atoms. The maximum atomic E-state index is 14.0. The summed E-state index contributed by atoms with van der Waals surface area (Å²) < 4.78 is 24.6. The van der Waals surface area contributed by atoms with Crippen LogP contribution in [0.2, 0.25) is 0 Å². The molecule has 7 heteroatoms. The number of benzene rings is 1. The highest BCUT2D eigenvalue weighted by Gasteiger charge is 2.27. The van der Waals surface area contributed by atoms with Gasteiger partial charge in [-0.2, -0.15) is 0 Å². The largest absolute Gasteiger partial charge is 0.492 e. The minimum atomic E-state index is -0.556. The van der Waals surface area contributed by atoms with Crippen LogP contribution in [-0.2, 0) is 4.74 Å². The quantitative estimate of drug-likeness (QED) is 0.846. The first kappa shape index (κ1) is 17.2. The molecule has 6 nitrogen and oxygen atoms in total. The standard InChI is InChI=1S/C16H24FN3O3/c1-16(2,3)23-15(21)20-9-7-19(8-10-20)12-6-5-11(18)13(17)14(12)22-4/h5-6H,7-10,18H2,1-4H3. The highest BCUT2D eigenvalue weighted by molar-refractivity contribution is 5.69. The number of anilines is 2. The average molecular weight is 325 g/mol. The van der Waals surface area contributed by atoms with E-state index < -0.39 is 11.4 Å². The number of carbonyl (C=O) groups excluding carboxylic acids is 1. The average Bonchev–Trinajstić information content (AvgIpc) is 2.48. The topological polar surface area (TPSA) is 68.0 Å². The van der Waals surface area contributed by atoms with Crippen LogP contribution in [0.4, 0.5) is 20.6 Å². The Bertz CT molecular complexity index is 579. The lowest BCUT2D eigenvalue weighted by Crippen LogP contribution is -2.50. The first-order valence-corrected chi connectivity index (χ1v) is 7.58. The Kier molecular flexibility index (Phi) is 4.87. The molecule has 2 N–H and O–H groups in total. The first-order valence-electron chi connectivity index (χ1n) is 7.58. The van der Waals surface area contributed by atoms with E-state index in [1.54, 1.807) is 11.0 Å². The van der Waals surface area contributed by atoms with Crippen molar-refractivity contribution in [3.05, 3.63) is 17.9 Å². The van der Waals surface area contributed by atoms with E-state index >= 15 is 0 Å². The molecule has 1 aromatic rings. The Balaban J connectivity index is 2.05. The number of ether oxygens (including phenoxy) is 2. The van der Waals surface area contributed by atoms with Crippen molar-refractivity contribution in [2.75, 3.05) is 43.9 Å². The summed E-state index contributed by atoms with van der Waals surface area (Å²) in [6.07, 6.45) is -0.326. The second-order valence-corrected chi connectivity index (χ2v) is 6.48. The van der Waals surface area contributed by atoms with Crippen molar-refractivity contribution in [2.45, 2.75) is 26.4 Å². The lowest BCUT2D eigenvalue weighted by molar-refractivity contribution is 0.0240. The SMILES string of the molecule is COc1c(N2CCN(C(=O)OC(C)(C)C)CC2)ccc(N)c1F. The van der Waals surface area contributed by atoms with Crippen molar-refractivity contribution < 1.29 is 18.7 Å². The Morgan fingerprint density at radius 2 is 1.83 bits per heavy atom. The van der Waals surface area contributed by atoms with E-state index in [1.807, 2.05) is 25.7 Å². The van der Waals surface area contributed by atoms with E-state index in [9.17, 15) is 9.18 Å². The number of nitrogens with two attached hydrogens (primary N) is 1. The van der Waals surface area contributed by atoms with Crippen molar-refractivity contribution in [2.24, 2.45) is 0 Å². The Hall–Kier alpha value is -2.18. The maximum absolute atomic E-state index is 14.0. The summed E-state index contributed by atoms with van der Waals surface area (Å²) >= 11 is 0. The van der Waals surface area contributed by atoms with Crippen molar-refractivity contribution >= 4 is 17.5 Å². The Morgan fingerprint density at radius 3 is 2.35 bits per heavy atom.